The predicted octanol–water partition coefficient (Wildman–Crippen LogP) is 2.60. The van der Waals surface area contributed by atoms with Crippen molar-refractivity contribution in [2.75, 3.05) is 7.05 Å². The van der Waals surface area contributed by atoms with Crippen molar-refractivity contribution in [2.24, 2.45) is 16.0 Å². The Hall–Kier alpha value is -2.14. The summed E-state index contributed by atoms with van der Waals surface area (Å²) in [6.07, 6.45) is 5.00. The summed E-state index contributed by atoms with van der Waals surface area (Å²) in [5.74, 6) is -0.424. The Morgan fingerprint density at radius 1 is 1.52 bits per heavy atom. The normalized spacial score (nSPS) is 22.1. The predicted molar refractivity (Wildman–Crippen MR) is 89.0 cm³/mol. The lowest BCUT2D eigenvalue weighted by atomic mass is 9.97. The Balaban J connectivity index is 2.59. The van der Waals surface area contributed by atoms with Crippen molar-refractivity contribution in [1.82, 2.24) is 0 Å². The van der Waals surface area contributed by atoms with Crippen molar-refractivity contribution >= 4 is 23.1 Å². The van der Waals surface area contributed by atoms with Crippen LogP contribution in [0.4, 0.5) is 4.39 Å². The molecule has 120 valence electrons. The smallest absolute Gasteiger partial charge is 0.206 e. The van der Waals surface area contributed by atoms with Crippen LogP contribution in [0, 0.1) is 23.1 Å². The molecular weight excluding hydrogens is 315 g/mol. The van der Waals surface area contributed by atoms with Gasteiger partial charge in [-0.05, 0) is 23.6 Å². The zero-order valence-corrected chi connectivity index (χ0v) is 14.0. The van der Waals surface area contributed by atoms with Crippen LogP contribution in [0.2, 0.25) is 0 Å². The lowest BCUT2D eigenvalue weighted by Gasteiger charge is -2.25. The third kappa shape index (κ3) is 3.29. The van der Waals surface area contributed by atoms with E-state index in [9.17, 15) is 8.60 Å². The largest absolute Gasteiger partial charge is 0.296 e. The Kier molecular flexibility index (Phi) is 4.90. The number of allylic oxidation sites excluding steroid dienone is 2. The summed E-state index contributed by atoms with van der Waals surface area (Å²) >= 11 is -1.72. The maximum Gasteiger partial charge on any atom is 0.296 e. The molecule has 7 heteroatoms. The first kappa shape index (κ1) is 17.2. The fraction of sp³-hybridized carbons (Fsp3) is 0.250. The van der Waals surface area contributed by atoms with E-state index in [4.69, 9.17) is 10.4 Å². The lowest BCUT2D eigenvalue weighted by molar-refractivity contribution is -0.617. The number of nitrogens with zero attached hydrogens (tertiary/aromatic N) is 3. The van der Waals surface area contributed by atoms with Crippen molar-refractivity contribution in [3.63, 3.8) is 0 Å². The van der Waals surface area contributed by atoms with Crippen LogP contribution in [-0.2, 0) is 11.2 Å². The first-order chi connectivity index (χ1) is 10.8. The van der Waals surface area contributed by atoms with E-state index in [2.05, 4.69) is 4.99 Å². The van der Waals surface area contributed by atoms with Gasteiger partial charge in [-0.1, -0.05) is 26.0 Å². The van der Waals surface area contributed by atoms with Crippen molar-refractivity contribution < 1.29 is 12.5 Å². The molecule has 0 spiro atoms. The Morgan fingerprint density at radius 2 is 2.22 bits per heavy atom. The molecule has 0 radical (unpaired) electrons. The van der Waals surface area contributed by atoms with Gasteiger partial charge >= 0.3 is 0 Å². The Bertz CT molecular complexity index is 792. The molecule has 2 unspecified atom stereocenters. The van der Waals surface area contributed by atoms with Crippen LogP contribution < -0.4 is 5.14 Å². The molecule has 0 aromatic heterocycles. The molecule has 0 bridgehead atoms. The second-order valence-corrected chi connectivity index (χ2v) is 6.99. The number of nitriles is 1. The highest BCUT2D eigenvalue weighted by Gasteiger charge is 2.38. The number of likely N-dealkylation sites (N-methyl/N-ethyl adjacent to an activating group) is 1. The number of hydrogen-bond donors (Lipinski definition) is 1. The van der Waals surface area contributed by atoms with Crippen molar-refractivity contribution in [3.05, 3.63) is 53.1 Å². The molecule has 23 heavy (non-hydrogen) atoms. The number of halogens is 1. The maximum absolute atomic E-state index is 14.0. The molecule has 0 aliphatic carbocycles. The summed E-state index contributed by atoms with van der Waals surface area (Å²) in [5, 5.41) is 14.5. The van der Waals surface area contributed by atoms with Gasteiger partial charge in [-0.3, -0.25) is 0 Å². The monoisotopic (exact) mass is 333 g/mol. The van der Waals surface area contributed by atoms with E-state index in [-0.39, 0.29) is 15.4 Å². The third-order valence-electron chi connectivity index (χ3n) is 3.51. The number of rotatable bonds is 4. The molecular formula is C16H18FN4OS+. The molecule has 1 aromatic carbocycles. The van der Waals surface area contributed by atoms with E-state index in [1.54, 1.807) is 25.4 Å². The Morgan fingerprint density at radius 3 is 2.74 bits per heavy atom. The molecule has 2 N–H and O–H groups in total. The molecule has 1 heterocycles. The molecule has 1 aliphatic rings. The third-order valence-corrected chi connectivity index (χ3v) is 4.55. The van der Waals surface area contributed by atoms with Crippen LogP contribution >= 0.6 is 0 Å². The van der Waals surface area contributed by atoms with Crippen molar-refractivity contribution in [1.29, 1.82) is 5.26 Å². The molecule has 2 rings (SSSR count). The van der Waals surface area contributed by atoms with E-state index in [1.807, 2.05) is 19.9 Å². The van der Waals surface area contributed by atoms with E-state index < -0.39 is 17.0 Å². The number of hydrogen-bond acceptors (Lipinski definition) is 3. The van der Waals surface area contributed by atoms with Crippen LogP contribution in [0.5, 0.6) is 0 Å². The lowest BCUT2D eigenvalue weighted by Crippen LogP contribution is -2.45. The van der Waals surface area contributed by atoms with Crippen molar-refractivity contribution in [2.45, 2.75) is 13.8 Å². The molecule has 0 fully saturated rings. The molecule has 2 atom stereocenters. The van der Waals surface area contributed by atoms with E-state index in [0.29, 0.717) is 16.8 Å². The molecule has 1 aliphatic heterocycles. The summed E-state index contributed by atoms with van der Waals surface area (Å²) in [5.41, 5.74) is 1.88. The number of aliphatic imine (C=N–C) groups is 1. The Labute approximate surface area is 137 Å². The second kappa shape index (κ2) is 6.54. The SMILES string of the molecule is CC(C)C=C(C1=CN=C[N+]1(C)S(N)=O)c1ccc(C#N)c(F)c1. The van der Waals surface area contributed by atoms with Gasteiger partial charge in [0.15, 0.2) is 5.70 Å². The van der Waals surface area contributed by atoms with Crippen LogP contribution in [0.1, 0.15) is 25.0 Å². The highest BCUT2D eigenvalue weighted by molar-refractivity contribution is 7.77. The zero-order valence-electron chi connectivity index (χ0n) is 13.2. The summed E-state index contributed by atoms with van der Waals surface area (Å²) in [6.45, 7) is 3.97. The average molecular weight is 333 g/mol. The number of nitrogens with two attached hydrogens (primary N) is 1. The summed E-state index contributed by atoms with van der Waals surface area (Å²) in [4.78, 5) is 4.07. The standard InChI is InChI=1S/C16H18FN4OS/c1-11(2)6-14(12-4-5-13(8-18)15(17)7-12)16-9-20-10-21(16,3)23(19)22/h4-7,9-11H,19H2,1-3H3/q+1. The van der Waals surface area contributed by atoms with Gasteiger partial charge in [0.2, 0.25) is 6.34 Å². The first-order valence-electron chi connectivity index (χ1n) is 7.00. The van der Waals surface area contributed by atoms with Gasteiger partial charge in [0, 0.05) is 5.57 Å². The van der Waals surface area contributed by atoms with E-state index in [0.717, 1.165) is 0 Å². The van der Waals surface area contributed by atoms with Gasteiger partial charge in [0.25, 0.3) is 11.2 Å². The topological polar surface area (TPSA) is 79.2 Å². The highest BCUT2D eigenvalue weighted by atomic mass is 32.2. The fourth-order valence-corrected chi connectivity index (χ4v) is 2.78. The summed E-state index contributed by atoms with van der Waals surface area (Å²) in [7, 11) is 1.67. The van der Waals surface area contributed by atoms with Gasteiger partial charge in [0.1, 0.15) is 11.9 Å². The zero-order chi connectivity index (χ0) is 17.2. The summed E-state index contributed by atoms with van der Waals surface area (Å²) in [6, 6.07) is 6.20. The number of benzene rings is 1. The van der Waals surface area contributed by atoms with Crippen LogP contribution in [-0.4, -0.2) is 21.5 Å². The van der Waals surface area contributed by atoms with Crippen LogP contribution in [0.15, 0.2) is 41.2 Å². The maximum atomic E-state index is 14.0. The molecule has 1 aromatic rings. The van der Waals surface area contributed by atoms with Gasteiger partial charge in [-0.15, -0.1) is 0 Å². The average Bonchev–Trinajstić information content (AvgIpc) is 2.87. The minimum Gasteiger partial charge on any atom is -0.206 e. The van der Waals surface area contributed by atoms with Gasteiger partial charge in [-0.2, -0.15) is 13.4 Å². The fourth-order valence-electron chi connectivity index (χ4n) is 2.30. The molecule has 0 saturated carbocycles. The minimum absolute atomic E-state index is 0.0195. The van der Waals surface area contributed by atoms with Gasteiger partial charge in [-0.25, -0.2) is 14.5 Å². The second-order valence-electron chi connectivity index (χ2n) is 5.68. The summed E-state index contributed by atoms with van der Waals surface area (Å²) < 4.78 is 25.8. The van der Waals surface area contributed by atoms with Crippen LogP contribution in [0.3, 0.4) is 0 Å². The number of quaternary nitrogens is 1. The van der Waals surface area contributed by atoms with Crippen LogP contribution in [0.25, 0.3) is 5.57 Å². The molecule has 0 saturated heterocycles. The van der Waals surface area contributed by atoms with Gasteiger partial charge in [0.05, 0.1) is 18.8 Å². The first-order valence-corrected chi connectivity index (χ1v) is 8.17. The van der Waals surface area contributed by atoms with Gasteiger partial charge < -0.3 is 0 Å². The molecule has 0 amide bonds. The quantitative estimate of drug-likeness (QED) is 0.860. The highest BCUT2D eigenvalue weighted by Crippen LogP contribution is 2.34. The molecule has 5 nitrogen and oxygen atoms in total. The van der Waals surface area contributed by atoms with Crippen molar-refractivity contribution in [3.8, 4) is 6.07 Å². The minimum atomic E-state index is -1.72. The van der Waals surface area contributed by atoms with E-state index in [1.165, 1.54) is 18.5 Å². The van der Waals surface area contributed by atoms with E-state index >= 15 is 0 Å².